The quantitative estimate of drug-likeness (QED) is 0.629. The van der Waals surface area contributed by atoms with E-state index < -0.39 is 15.9 Å². The summed E-state index contributed by atoms with van der Waals surface area (Å²) in [7, 11) is -3.80. The van der Waals surface area contributed by atoms with Gasteiger partial charge in [-0.15, -0.1) is 0 Å². The monoisotopic (exact) mass is 479 g/mol. The van der Waals surface area contributed by atoms with Crippen molar-refractivity contribution in [2.75, 3.05) is 30.3 Å². The van der Waals surface area contributed by atoms with E-state index in [9.17, 15) is 18.0 Å². The molecule has 0 aromatic heterocycles. The van der Waals surface area contributed by atoms with Crippen molar-refractivity contribution in [1.82, 2.24) is 4.31 Å². The summed E-state index contributed by atoms with van der Waals surface area (Å²) in [5, 5.41) is 5.71. The fraction of sp³-hybridized carbons (Fsp3) is 0.364. The van der Waals surface area contributed by atoms with E-state index in [1.165, 1.54) is 29.4 Å². The molecule has 1 fully saturated rings. The highest BCUT2D eigenvalue weighted by Crippen LogP contribution is 2.30. The fourth-order valence-electron chi connectivity index (χ4n) is 3.52. The second-order valence-corrected chi connectivity index (χ2v) is 9.82. The molecule has 10 heteroatoms. The predicted octanol–water partition coefficient (Wildman–Crippen LogP) is 3.74. The van der Waals surface area contributed by atoms with Crippen LogP contribution in [-0.4, -0.2) is 44.2 Å². The summed E-state index contributed by atoms with van der Waals surface area (Å²) in [5.41, 5.74) is 1.20. The third-order valence-electron chi connectivity index (χ3n) is 5.07. The highest BCUT2D eigenvalue weighted by molar-refractivity contribution is 7.89. The molecule has 1 atom stereocenters. The SMILES string of the molecule is CCOc1ccc(S(=O)(=O)N2CCC[C@H](C(=O)Nc3ccc(NC(C)=O)cc3)C2)cc1Cl. The van der Waals surface area contributed by atoms with Crippen LogP contribution in [0.5, 0.6) is 5.75 Å². The summed E-state index contributed by atoms with van der Waals surface area (Å²) < 4.78 is 32.9. The van der Waals surface area contributed by atoms with E-state index in [1.807, 2.05) is 6.92 Å². The molecule has 0 aliphatic carbocycles. The number of sulfonamides is 1. The van der Waals surface area contributed by atoms with Gasteiger partial charge in [-0.1, -0.05) is 11.6 Å². The number of anilines is 2. The van der Waals surface area contributed by atoms with Gasteiger partial charge < -0.3 is 15.4 Å². The van der Waals surface area contributed by atoms with E-state index in [0.29, 0.717) is 43.1 Å². The number of amides is 2. The molecule has 0 radical (unpaired) electrons. The number of carbonyl (C=O) groups excluding carboxylic acids is 2. The number of halogens is 1. The van der Waals surface area contributed by atoms with Gasteiger partial charge in [0.05, 0.1) is 22.4 Å². The van der Waals surface area contributed by atoms with Gasteiger partial charge in [0.2, 0.25) is 21.8 Å². The van der Waals surface area contributed by atoms with E-state index in [0.717, 1.165) is 0 Å². The molecule has 1 aliphatic heterocycles. The van der Waals surface area contributed by atoms with Crippen LogP contribution in [-0.2, 0) is 19.6 Å². The van der Waals surface area contributed by atoms with Crippen molar-refractivity contribution in [1.29, 1.82) is 0 Å². The Kier molecular flexibility index (Phi) is 7.76. The summed E-state index contributed by atoms with van der Waals surface area (Å²) in [5.74, 6) is -0.485. The number of hydrogen-bond acceptors (Lipinski definition) is 5. The van der Waals surface area contributed by atoms with Gasteiger partial charge in [0, 0.05) is 31.4 Å². The van der Waals surface area contributed by atoms with Crippen LogP contribution in [0.3, 0.4) is 0 Å². The Morgan fingerprint density at radius 1 is 1.12 bits per heavy atom. The number of nitrogens with one attached hydrogen (secondary N) is 2. The van der Waals surface area contributed by atoms with E-state index in [-0.39, 0.29) is 28.3 Å². The zero-order chi connectivity index (χ0) is 23.3. The summed E-state index contributed by atoms with van der Waals surface area (Å²) in [6, 6.07) is 11.1. The summed E-state index contributed by atoms with van der Waals surface area (Å²) in [6.45, 7) is 4.08. The Hall–Kier alpha value is -2.62. The van der Waals surface area contributed by atoms with Crippen molar-refractivity contribution < 1.29 is 22.7 Å². The molecule has 2 aromatic rings. The van der Waals surface area contributed by atoms with E-state index in [4.69, 9.17) is 16.3 Å². The molecule has 172 valence electrons. The van der Waals surface area contributed by atoms with Gasteiger partial charge in [-0.25, -0.2) is 8.42 Å². The molecule has 1 heterocycles. The van der Waals surface area contributed by atoms with Gasteiger partial charge in [-0.3, -0.25) is 9.59 Å². The smallest absolute Gasteiger partial charge is 0.243 e. The molecule has 1 saturated heterocycles. The van der Waals surface area contributed by atoms with Crippen LogP contribution >= 0.6 is 11.6 Å². The molecule has 1 aliphatic rings. The van der Waals surface area contributed by atoms with Gasteiger partial charge in [0.25, 0.3) is 0 Å². The van der Waals surface area contributed by atoms with E-state index >= 15 is 0 Å². The zero-order valence-electron chi connectivity index (χ0n) is 17.9. The van der Waals surface area contributed by atoms with Gasteiger partial charge in [-0.2, -0.15) is 4.31 Å². The lowest BCUT2D eigenvalue weighted by atomic mass is 9.98. The molecule has 0 spiro atoms. The van der Waals surface area contributed by atoms with Crippen molar-refractivity contribution >= 4 is 44.8 Å². The second-order valence-electron chi connectivity index (χ2n) is 7.48. The van der Waals surface area contributed by atoms with Crippen LogP contribution in [0.4, 0.5) is 11.4 Å². The number of nitrogens with zero attached hydrogens (tertiary/aromatic N) is 1. The van der Waals surface area contributed by atoms with Crippen molar-refractivity contribution in [3.63, 3.8) is 0 Å². The molecule has 2 aromatic carbocycles. The van der Waals surface area contributed by atoms with Gasteiger partial charge in [-0.05, 0) is 62.2 Å². The number of rotatable bonds is 7. The van der Waals surface area contributed by atoms with E-state index in [2.05, 4.69) is 10.6 Å². The van der Waals surface area contributed by atoms with Gasteiger partial charge in [0.1, 0.15) is 5.75 Å². The molecular formula is C22H26ClN3O5S. The first-order chi connectivity index (χ1) is 15.2. The molecule has 0 saturated carbocycles. The van der Waals surface area contributed by atoms with Crippen molar-refractivity contribution in [2.24, 2.45) is 5.92 Å². The van der Waals surface area contributed by atoms with Crippen molar-refractivity contribution in [3.05, 3.63) is 47.5 Å². The van der Waals surface area contributed by atoms with Crippen LogP contribution in [0.15, 0.2) is 47.4 Å². The maximum absolute atomic E-state index is 13.1. The Balaban J connectivity index is 1.68. The van der Waals surface area contributed by atoms with Crippen LogP contribution in [0.1, 0.15) is 26.7 Å². The molecule has 32 heavy (non-hydrogen) atoms. The minimum atomic E-state index is -3.80. The van der Waals surface area contributed by atoms with Crippen LogP contribution < -0.4 is 15.4 Å². The van der Waals surface area contributed by atoms with Gasteiger partial charge >= 0.3 is 0 Å². The molecule has 2 amide bonds. The van der Waals surface area contributed by atoms with Crippen LogP contribution in [0.2, 0.25) is 5.02 Å². The minimum absolute atomic E-state index is 0.0700. The van der Waals surface area contributed by atoms with Gasteiger partial charge in [0.15, 0.2) is 0 Å². The topological polar surface area (TPSA) is 105 Å². The number of carbonyl (C=O) groups is 2. The lowest BCUT2D eigenvalue weighted by molar-refractivity contribution is -0.121. The van der Waals surface area contributed by atoms with Crippen molar-refractivity contribution in [3.8, 4) is 5.75 Å². The number of ether oxygens (including phenoxy) is 1. The van der Waals surface area contributed by atoms with Crippen LogP contribution in [0.25, 0.3) is 0 Å². The second kappa shape index (κ2) is 10.3. The minimum Gasteiger partial charge on any atom is -0.492 e. The highest BCUT2D eigenvalue weighted by Gasteiger charge is 2.33. The molecule has 2 N–H and O–H groups in total. The van der Waals surface area contributed by atoms with Crippen molar-refractivity contribution in [2.45, 2.75) is 31.6 Å². The normalized spacial score (nSPS) is 16.9. The first-order valence-electron chi connectivity index (χ1n) is 10.3. The number of benzene rings is 2. The average Bonchev–Trinajstić information content (AvgIpc) is 2.76. The highest BCUT2D eigenvalue weighted by atomic mass is 35.5. The molecular weight excluding hydrogens is 454 g/mol. The summed E-state index contributed by atoms with van der Waals surface area (Å²) in [4.78, 5) is 24.0. The average molecular weight is 480 g/mol. The lowest BCUT2D eigenvalue weighted by Gasteiger charge is -2.31. The predicted molar refractivity (Wildman–Crippen MR) is 123 cm³/mol. The zero-order valence-corrected chi connectivity index (χ0v) is 19.5. The molecule has 3 rings (SSSR count). The molecule has 8 nitrogen and oxygen atoms in total. The third kappa shape index (κ3) is 5.79. The number of piperidine rings is 1. The Bertz CT molecular complexity index is 1090. The maximum Gasteiger partial charge on any atom is 0.243 e. The summed E-state index contributed by atoms with van der Waals surface area (Å²) >= 11 is 6.17. The summed E-state index contributed by atoms with van der Waals surface area (Å²) in [6.07, 6.45) is 1.16. The lowest BCUT2D eigenvalue weighted by Crippen LogP contribution is -2.43. The first-order valence-corrected chi connectivity index (χ1v) is 12.1. The third-order valence-corrected chi connectivity index (χ3v) is 7.23. The van der Waals surface area contributed by atoms with Crippen LogP contribution in [0, 0.1) is 5.92 Å². The Morgan fingerprint density at radius 2 is 1.78 bits per heavy atom. The Labute approximate surface area is 192 Å². The van der Waals surface area contributed by atoms with E-state index in [1.54, 1.807) is 24.3 Å². The number of hydrogen-bond donors (Lipinski definition) is 2. The first kappa shape index (κ1) is 24.0. The fourth-order valence-corrected chi connectivity index (χ4v) is 5.37. The molecule has 0 unspecified atom stereocenters. The standard InChI is InChI=1S/C22H26ClN3O5S/c1-3-31-21-11-10-19(13-20(21)23)32(29,30)26-12-4-5-16(14-26)22(28)25-18-8-6-17(7-9-18)24-15(2)27/h6-11,13,16H,3-5,12,14H2,1-2H3,(H,24,27)(H,25,28)/t16-/m0/s1. The largest absolute Gasteiger partial charge is 0.492 e. The maximum atomic E-state index is 13.1. The molecule has 0 bridgehead atoms. The Morgan fingerprint density at radius 3 is 2.38 bits per heavy atom.